The second kappa shape index (κ2) is 5.58. The lowest BCUT2D eigenvalue weighted by atomic mass is 10.1. The lowest BCUT2D eigenvalue weighted by Crippen LogP contribution is -2.20. The van der Waals surface area contributed by atoms with Crippen LogP contribution in [-0.4, -0.2) is 33.6 Å². The van der Waals surface area contributed by atoms with Crippen LogP contribution in [0.4, 0.5) is 8.78 Å². The normalized spacial score (nSPS) is 10.2. The Morgan fingerprint density at radius 3 is 2.41 bits per heavy atom. The molecule has 1 N–H and O–H groups in total. The third-order valence-electron chi connectivity index (χ3n) is 2.19. The largest absolute Gasteiger partial charge is 0.494 e. The van der Waals surface area contributed by atoms with Crippen molar-refractivity contribution in [1.29, 1.82) is 0 Å². The van der Waals surface area contributed by atoms with Crippen molar-refractivity contribution in [3.05, 3.63) is 23.3 Å². The number of rotatable bonds is 5. The van der Waals surface area contributed by atoms with E-state index in [4.69, 9.17) is 4.74 Å². The van der Waals surface area contributed by atoms with Crippen LogP contribution in [0, 0.1) is 11.6 Å². The molecule has 0 radical (unpaired) electrons. The Kier molecular flexibility index (Phi) is 4.39. The average molecular weight is 245 g/mol. The minimum Gasteiger partial charge on any atom is -0.494 e. The van der Waals surface area contributed by atoms with E-state index in [0.29, 0.717) is 0 Å². The van der Waals surface area contributed by atoms with Crippen LogP contribution in [0.2, 0.25) is 0 Å². The van der Waals surface area contributed by atoms with Crippen molar-refractivity contribution in [1.82, 2.24) is 5.32 Å². The van der Waals surface area contributed by atoms with Crippen molar-refractivity contribution in [3.8, 4) is 11.5 Å². The lowest BCUT2D eigenvalue weighted by molar-refractivity contribution is 0.0988. The number of ether oxygens (including phenoxy) is 2. The standard InChI is InChI=1S/C11H13F2NO3/c1-14-5-7(15)6-4-8(16-2)10(13)11(17-3)9(6)12/h4,14H,5H2,1-3H3. The first-order valence-electron chi connectivity index (χ1n) is 4.84. The van der Waals surface area contributed by atoms with Gasteiger partial charge in [-0.25, -0.2) is 4.39 Å². The van der Waals surface area contributed by atoms with Gasteiger partial charge >= 0.3 is 0 Å². The van der Waals surface area contributed by atoms with E-state index in [2.05, 4.69) is 10.1 Å². The van der Waals surface area contributed by atoms with Gasteiger partial charge in [0.1, 0.15) is 0 Å². The van der Waals surface area contributed by atoms with E-state index in [9.17, 15) is 13.6 Å². The SMILES string of the molecule is CNCC(=O)c1cc(OC)c(F)c(OC)c1F. The average Bonchev–Trinajstić information content (AvgIpc) is 2.30. The number of carbonyl (C=O) groups is 1. The summed E-state index contributed by atoms with van der Waals surface area (Å²) in [5.41, 5.74) is -0.269. The monoisotopic (exact) mass is 245 g/mol. The molecular weight excluding hydrogens is 232 g/mol. The molecule has 0 fully saturated rings. The number of Topliss-reactive ketones (excluding diaryl/α,β-unsaturated/α-hetero) is 1. The zero-order valence-electron chi connectivity index (χ0n) is 9.77. The molecule has 0 saturated heterocycles. The third kappa shape index (κ3) is 2.52. The molecule has 0 spiro atoms. The number of nitrogens with one attached hydrogen (secondary N) is 1. The highest BCUT2D eigenvalue weighted by Gasteiger charge is 2.23. The highest BCUT2D eigenvalue weighted by Crippen LogP contribution is 2.32. The first kappa shape index (κ1) is 13.4. The Balaban J connectivity index is 3.36. The van der Waals surface area contributed by atoms with Crippen molar-refractivity contribution in [2.75, 3.05) is 27.8 Å². The maximum Gasteiger partial charge on any atom is 0.209 e. The van der Waals surface area contributed by atoms with Crippen LogP contribution in [-0.2, 0) is 0 Å². The highest BCUT2D eigenvalue weighted by atomic mass is 19.1. The van der Waals surface area contributed by atoms with Crippen LogP contribution >= 0.6 is 0 Å². The number of likely N-dealkylation sites (N-methyl/N-ethyl adjacent to an activating group) is 1. The Bertz CT molecular complexity index is 435. The zero-order valence-corrected chi connectivity index (χ0v) is 9.77. The van der Waals surface area contributed by atoms with Gasteiger partial charge in [-0.05, 0) is 13.1 Å². The molecule has 1 aromatic carbocycles. The van der Waals surface area contributed by atoms with E-state index in [1.807, 2.05) is 0 Å². The summed E-state index contributed by atoms with van der Waals surface area (Å²) in [4.78, 5) is 11.6. The van der Waals surface area contributed by atoms with Gasteiger partial charge in [0.05, 0.1) is 26.3 Å². The zero-order chi connectivity index (χ0) is 13.0. The molecule has 0 saturated carbocycles. The summed E-state index contributed by atoms with van der Waals surface area (Å²) in [5.74, 6) is -3.35. The minimum absolute atomic E-state index is 0.0607. The summed E-state index contributed by atoms with van der Waals surface area (Å²) < 4.78 is 36.6. The van der Waals surface area contributed by atoms with Crippen molar-refractivity contribution < 1.29 is 23.0 Å². The number of methoxy groups -OCH3 is 2. The predicted molar refractivity (Wildman–Crippen MR) is 57.7 cm³/mol. The molecule has 0 aliphatic carbocycles. The molecule has 0 heterocycles. The lowest BCUT2D eigenvalue weighted by Gasteiger charge is -2.11. The fraction of sp³-hybridized carbons (Fsp3) is 0.364. The molecule has 1 rings (SSSR count). The van der Waals surface area contributed by atoms with Crippen molar-refractivity contribution in [2.24, 2.45) is 0 Å². The van der Waals surface area contributed by atoms with Gasteiger partial charge in [-0.3, -0.25) is 4.79 Å². The summed E-state index contributed by atoms with van der Waals surface area (Å²) in [6.07, 6.45) is 0. The molecule has 17 heavy (non-hydrogen) atoms. The van der Waals surface area contributed by atoms with Gasteiger partial charge in [-0.1, -0.05) is 0 Å². The Morgan fingerprint density at radius 1 is 1.29 bits per heavy atom. The molecular formula is C11H13F2NO3. The summed E-state index contributed by atoms with van der Waals surface area (Å²) in [5, 5.41) is 2.59. The predicted octanol–water partition coefficient (Wildman–Crippen LogP) is 1.38. The van der Waals surface area contributed by atoms with Gasteiger partial charge < -0.3 is 14.8 Å². The molecule has 1 aromatic rings. The van der Waals surface area contributed by atoms with Crippen LogP contribution in [0.1, 0.15) is 10.4 Å². The first-order chi connectivity index (χ1) is 8.06. The maximum atomic E-state index is 13.8. The van der Waals surface area contributed by atoms with Gasteiger partial charge in [-0.2, -0.15) is 4.39 Å². The van der Waals surface area contributed by atoms with E-state index < -0.39 is 23.2 Å². The molecule has 0 atom stereocenters. The van der Waals surface area contributed by atoms with Crippen LogP contribution in [0.3, 0.4) is 0 Å². The number of carbonyl (C=O) groups excluding carboxylic acids is 1. The van der Waals surface area contributed by atoms with Crippen LogP contribution in [0.5, 0.6) is 11.5 Å². The van der Waals surface area contributed by atoms with E-state index in [-0.39, 0.29) is 17.9 Å². The molecule has 6 heteroatoms. The van der Waals surface area contributed by atoms with Crippen molar-refractivity contribution in [2.45, 2.75) is 0 Å². The fourth-order valence-corrected chi connectivity index (χ4v) is 1.37. The van der Waals surface area contributed by atoms with Gasteiger partial charge in [0.25, 0.3) is 0 Å². The number of hydrogen-bond acceptors (Lipinski definition) is 4. The van der Waals surface area contributed by atoms with E-state index in [1.165, 1.54) is 7.11 Å². The molecule has 94 valence electrons. The summed E-state index contributed by atoms with van der Waals surface area (Å²) >= 11 is 0. The number of benzene rings is 1. The van der Waals surface area contributed by atoms with Crippen molar-refractivity contribution in [3.63, 3.8) is 0 Å². The molecule has 0 amide bonds. The Hall–Kier alpha value is -1.69. The number of hydrogen-bond donors (Lipinski definition) is 1. The number of halogens is 2. The summed E-state index contributed by atoms with van der Waals surface area (Å²) in [6, 6.07) is 1.02. The van der Waals surface area contributed by atoms with Crippen molar-refractivity contribution >= 4 is 5.78 Å². The van der Waals surface area contributed by atoms with Crippen LogP contribution in [0.15, 0.2) is 6.07 Å². The molecule has 0 aliphatic heterocycles. The Labute approximate surface area is 97.5 Å². The van der Waals surface area contributed by atoms with E-state index >= 15 is 0 Å². The van der Waals surface area contributed by atoms with Gasteiger partial charge in [0, 0.05) is 0 Å². The fourth-order valence-electron chi connectivity index (χ4n) is 1.37. The second-order valence-electron chi connectivity index (χ2n) is 3.24. The van der Waals surface area contributed by atoms with Gasteiger partial charge in [0.15, 0.2) is 23.1 Å². The van der Waals surface area contributed by atoms with Crippen LogP contribution in [0.25, 0.3) is 0 Å². The van der Waals surface area contributed by atoms with E-state index in [0.717, 1.165) is 13.2 Å². The maximum absolute atomic E-state index is 13.8. The van der Waals surface area contributed by atoms with E-state index in [1.54, 1.807) is 7.05 Å². The molecule has 0 unspecified atom stereocenters. The Morgan fingerprint density at radius 2 is 1.94 bits per heavy atom. The van der Waals surface area contributed by atoms with Gasteiger partial charge in [0.2, 0.25) is 5.82 Å². The second-order valence-corrected chi connectivity index (χ2v) is 3.24. The van der Waals surface area contributed by atoms with Gasteiger partial charge in [-0.15, -0.1) is 0 Å². The quantitative estimate of drug-likeness (QED) is 0.796. The molecule has 4 nitrogen and oxygen atoms in total. The highest BCUT2D eigenvalue weighted by molar-refractivity contribution is 5.98. The third-order valence-corrected chi connectivity index (χ3v) is 2.19. The smallest absolute Gasteiger partial charge is 0.209 e. The molecule has 0 bridgehead atoms. The molecule has 0 aromatic heterocycles. The molecule has 0 aliphatic rings. The summed E-state index contributed by atoms with van der Waals surface area (Å²) in [6.45, 7) is -0.0607. The number of ketones is 1. The minimum atomic E-state index is -1.02. The first-order valence-corrected chi connectivity index (χ1v) is 4.84. The topological polar surface area (TPSA) is 47.6 Å². The van der Waals surface area contributed by atoms with Crippen LogP contribution < -0.4 is 14.8 Å². The summed E-state index contributed by atoms with van der Waals surface area (Å²) in [7, 11) is 3.89.